The number of aromatic amines is 1. The van der Waals surface area contributed by atoms with Gasteiger partial charge in [-0.1, -0.05) is 19.1 Å². The van der Waals surface area contributed by atoms with Crippen molar-refractivity contribution in [3.05, 3.63) is 44.4 Å². The number of hydrogen-bond donors (Lipinski definition) is 2. The molecule has 1 aromatic heterocycles. The zero-order valence-corrected chi connectivity index (χ0v) is 13.5. The molecule has 110 valence electrons. The molecule has 2 N–H and O–H groups in total. The number of rotatable bonds is 5. The molecule has 0 fully saturated rings. The van der Waals surface area contributed by atoms with Crippen LogP contribution in [0.1, 0.15) is 34.3 Å². The van der Waals surface area contributed by atoms with Crippen LogP contribution < -0.4 is 5.32 Å². The van der Waals surface area contributed by atoms with Gasteiger partial charge in [-0.2, -0.15) is 0 Å². The summed E-state index contributed by atoms with van der Waals surface area (Å²) in [5, 5.41) is 2.81. The van der Waals surface area contributed by atoms with Gasteiger partial charge in [-0.25, -0.2) is 0 Å². The van der Waals surface area contributed by atoms with Gasteiger partial charge < -0.3 is 10.3 Å². The number of H-pyrrole nitrogens is 1. The first-order valence-corrected chi connectivity index (χ1v) is 7.83. The number of Topliss-reactive ketones (excluding diaryl/α,β-unsaturated/α-hetero) is 1. The number of benzene rings is 1. The average Bonchev–Trinajstić information content (AvgIpc) is 2.76. The van der Waals surface area contributed by atoms with Crippen LogP contribution in [0.15, 0.2) is 24.3 Å². The van der Waals surface area contributed by atoms with Crippen LogP contribution in [0, 0.1) is 10.9 Å². The van der Waals surface area contributed by atoms with Crippen LogP contribution in [0.25, 0.3) is 0 Å². The van der Waals surface area contributed by atoms with Crippen molar-refractivity contribution < 1.29 is 9.59 Å². The molecular weight excluding hydrogens is 304 g/mol. The SMILES string of the molecule is CCC(=O)c1cccc(NC(=O)Cc2sc(=S)[nH]c2C)c1. The molecule has 0 unspecified atom stereocenters. The highest BCUT2D eigenvalue weighted by atomic mass is 32.1. The third kappa shape index (κ3) is 4.09. The Labute approximate surface area is 132 Å². The second-order valence-corrected chi connectivity index (χ2v) is 6.42. The fourth-order valence-electron chi connectivity index (χ4n) is 1.93. The largest absolute Gasteiger partial charge is 0.341 e. The van der Waals surface area contributed by atoms with E-state index in [0.29, 0.717) is 21.6 Å². The van der Waals surface area contributed by atoms with Crippen molar-refractivity contribution in [2.75, 3.05) is 5.32 Å². The minimum atomic E-state index is -0.121. The van der Waals surface area contributed by atoms with Crippen LogP contribution in [0.3, 0.4) is 0 Å². The van der Waals surface area contributed by atoms with Gasteiger partial charge in [0.2, 0.25) is 5.91 Å². The van der Waals surface area contributed by atoms with Crippen molar-refractivity contribution in [3.8, 4) is 0 Å². The monoisotopic (exact) mass is 320 g/mol. The predicted octanol–water partition coefficient (Wildman–Crippen LogP) is 3.89. The van der Waals surface area contributed by atoms with E-state index in [1.54, 1.807) is 24.3 Å². The highest BCUT2D eigenvalue weighted by Crippen LogP contribution is 2.17. The van der Waals surface area contributed by atoms with E-state index in [0.717, 1.165) is 10.6 Å². The molecule has 0 saturated carbocycles. The van der Waals surface area contributed by atoms with Crippen LogP contribution in [0.4, 0.5) is 5.69 Å². The smallest absolute Gasteiger partial charge is 0.229 e. The maximum atomic E-state index is 12.1. The van der Waals surface area contributed by atoms with Gasteiger partial charge in [-0.05, 0) is 31.3 Å². The van der Waals surface area contributed by atoms with Crippen LogP contribution >= 0.6 is 23.6 Å². The van der Waals surface area contributed by atoms with Gasteiger partial charge in [-0.3, -0.25) is 9.59 Å². The molecule has 0 aliphatic rings. The van der Waals surface area contributed by atoms with Crippen molar-refractivity contribution in [1.29, 1.82) is 0 Å². The Bertz CT molecular complexity index is 731. The average molecular weight is 320 g/mol. The van der Waals surface area contributed by atoms with E-state index in [4.69, 9.17) is 12.2 Å². The quantitative estimate of drug-likeness (QED) is 0.649. The molecule has 0 radical (unpaired) electrons. The van der Waals surface area contributed by atoms with E-state index in [1.807, 2.05) is 13.8 Å². The van der Waals surface area contributed by atoms with E-state index >= 15 is 0 Å². The number of ketones is 1. The highest BCUT2D eigenvalue weighted by Gasteiger charge is 2.10. The lowest BCUT2D eigenvalue weighted by molar-refractivity contribution is -0.115. The summed E-state index contributed by atoms with van der Waals surface area (Å²) in [6, 6.07) is 7.00. The van der Waals surface area contributed by atoms with Crippen molar-refractivity contribution in [2.45, 2.75) is 26.7 Å². The highest BCUT2D eigenvalue weighted by molar-refractivity contribution is 7.73. The zero-order chi connectivity index (χ0) is 15.4. The van der Waals surface area contributed by atoms with Crippen LogP contribution in [0.5, 0.6) is 0 Å². The van der Waals surface area contributed by atoms with Gasteiger partial charge in [0.05, 0.1) is 6.42 Å². The first kappa shape index (κ1) is 15.6. The van der Waals surface area contributed by atoms with Crippen molar-refractivity contribution in [3.63, 3.8) is 0 Å². The topological polar surface area (TPSA) is 62.0 Å². The summed E-state index contributed by atoms with van der Waals surface area (Å²) in [7, 11) is 0. The third-order valence-electron chi connectivity index (χ3n) is 3.03. The molecular formula is C15H16N2O2S2. The number of anilines is 1. The first-order chi connectivity index (χ1) is 9.99. The van der Waals surface area contributed by atoms with E-state index in [2.05, 4.69) is 10.3 Å². The number of aryl methyl sites for hydroxylation is 1. The predicted molar refractivity (Wildman–Crippen MR) is 87.6 cm³/mol. The lowest BCUT2D eigenvalue weighted by atomic mass is 10.1. The van der Waals surface area contributed by atoms with Gasteiger partial charge in [-0.15, -0.1) is 11.3 Å². The Hall–Kier alpha value is -1.79. The second kappa shape index (κ2) is 6.78. The number of hydrogen-bond acceptors (Lipinski definition) is 4. The molecule has 1 aromatic carbocycles. The van der Waals surface area contributed by atoms with Crippen LogP contribution in [-0.2, 0) is 11.2 Å². The second-order valence-electron chi connectivity index (χ2n) is 4.65. The van der Waals surface area contributed by atoms with Gasteiger partial charge in [0.15, 0.2) is 9.74 Å². The Balaban J connectivity index is 2.07. The molecule has 0 atom stereocenters. The molecule has 2 aromatic rings. The van der Waals surface area contributed by atoms with E-state index < -0.39 is 0 Å². The Morgan fingerprint density at radius 1 is 1.38 bits per heavy atom. The minimum absolute atomic E-state index is 0.0607. The molecule has 0 spiro atoms. The maximum Gasteiger partial charge on any atom is 0.229 e. The Morgan fingerprint density at radius 3 is 2.76 bits per heavy atom. The maximum absolute atomic E-state index is 12.1. The zero-order valence-electron chi connectivity index (χ0n) is 11.9. The van der Waals surface area contributed by atoms with Crippen molar-refractivity contribution in [2.24, 2.45) is 0 Å². The van der Waals surface area contributed by atoms with Gasteiger partial charge in [0.25, 0.3) is 0 Å². The number of nitrogens with one attached hydrogen (secondary N) is 2. The summed E-state index contributed by atoms with van der Waals surface area (Å²) in [6.07, 6.45) is 0.721. The summed E-state index contributed by atoms with van der Waals surface area (Å²) in [4.78, 5) is 27.7. The molecule has 6 heteroatoms. The number of carbonyl (C=O) groups is 2. The summed E-state index contributed by atoms with van der Waals surface area (Å²) in [5.74, 6) is -0.0602. The molecule has 2 rings (SSSR count). The standard InChI is InChI=1S/C15H16N2O2S2/c1-3-12(18)10-5-4-6-11(7-10)17-14(19)8-13-9(2)16-15(20)21-13/h4-7H,3,8H2,1-2H3,(H,16,20)(H,17,19). The Morgan fingerprint density at radius 2 is 2.14 bits per heavy atom. The molecule has 0 aliphatic carbocycles. The summed E-state index contributed by atoms with van der Waals surface area (Å²) >= 11 is 6.47. The molecule has 0 saturated heterocycles. The molecule has 0 bridgehead atoms. The number of thiazole rings is 1. The fourth-order valence-corrected chi connectivity index (χ4v) is 3.22. The summed E-state index contributed by atoms with van der Waals surface area (Å²) in [6.45, 7) is 3.71. The van der Waals surface area contributed by atoms with E-state index in [-0.39, 0.29) is 18.1 Å². The van der Waals surface area contributed by atoms with Crippen molar-refractivity contribution >= 4 is 40.9 Å². The number of carbonyl (C=O) groups excluding carboxylic acids is 2. The summed E-state index contributed by atoms with van der Waals surface area (Å²) in [5.41, 5.74) is 2.18. The van der Waals surface area contributed by atoms with Gasteiger partial charge in [0.1, 0.15) is 0 Å². The molecule has 1 amide bonds. The van der Waals surface area contributed by atoms with E-state index in [9.17, 15) is 9.59 Å². The summed E-state index contributed by atoms with van der Waals surface area (Å²) < 4.78 is 0.672. The lowest BCUT2D eigenvalue weighted by Gasteiger charge is -2.06. The molecule has 21 heavy (non-hydrogen) atoms. The first-order valence-electron chi connectivity index (χ1n) is 6.61. The van der Waals surface area contributed by atoms with E-state index in [1.165, 1.54) is 11.3 Å². The number of aromatic nitrogens is 1. The van der Waals surface area contributed by atoms with Gasteiger partial charge in [0, 0.05) is 28.2 Å². The minimum Gasteiger partial charge on any atom is -0.341 e. The molecule has 1 heterocycles. The third-order valence-corrected chi connectivity index (χ3v) is 4.37. The Kier molecular flexibility index (Phi) is 5.03. The normalized spacial score (nSPS) is 10.4. The lowest BCUT2D eigenvalue weighted by Crippen LogP contribution is -2.14. The van der Waals surface area contributed by atoms with Gasteiger partial charge >= 0.3 is 0 Å². The van der Waals surface area contributed by atoms with Crippen LogP contribution in [-0.4, -0.2) is 16.7 Å². The van der Waals surface area contributed by atoms with Crippen molar-refractivity contribution in [1.82, 2.24) is 4.98 Å². The molecule has 4 nitrogen and oxygen atoms in total. The van der Waals surface area contributed by atoms with Crippen LogP contribution in [0.2, 0.25) is 0 Å². The molecule has 0 aliphatic heterocycles. The number of amides is 1. The fraction of sp³-hybridized carbons (Fsp3) is 0.267.